The van der Waals surface area contributed by atoms with Crippen LogP contribution in [0, 0.1) is 0 Å². The molecule has 0 fully saturated rings. The van der Waals surface area contributed by atoms with Crippen LogP contribution in [0.4, 0.5) is 0 Å². The fourth-order valence-corrected chi connectivity index (χ4v) is 2.88. The number of pyridine rings is 2. The first kappa shape index (κ1) is 19.5. The van der Waals surface area contributed by atoms with Gasteiger partial charge in [-0.15, -0.1) is 0 Å². The molecule has 3 aromatic heterocycles. The maximum Gasteiger partial charge on any atom is 0.288 e. The zero-order valence-corrected chi connectivity index (χ0v) is 16.6. The molecule has 0 unspecified atom stereocenters. The third kappa shape index (κ3) is 4.36. The van der Waals surface area contributed by atoms with E-state index in [0.717, 1.165) is 5.56 Å². The second-order valence-corrected chi connectivity index (χ2v) is 7.78. The second kappa shape index (κ2) is 7.80. The largest absolute Gasteiger partial charge is 0.345 e. The first-order valence-corrected chi connectivity index (χ1v) is 9.20. The first-order valence-electron chi connectivity index (χ1n) is 9.20. The Kier molecular flexibility index (Phi) is 5.44. The summed E-state index contributed by atoms with van der Waals surface area (Å²) in [5.41, 5.74) is 1.59. The van der Waals surface area contributed by atoms with E-state index in [4.69, 9.17) is 0 Å². The first-order chi connectivity index (χ1) is 13.3. The molecule has 0 aromatic carbocycles. The maximum atomic E-state index is 13.0. The summed E-state index contributed by atoms with van der Waals surface area (Å²) in [6.07, 6.45) is 5.93. The van der Waals surface area contributed by atoms with Crippen molar-refractivity contribution in [1.82, 2.24) is 24.6 Å². The zero-order valence-electron chi connectivity index (χ0n) is 16.6. The second-order valence-electron chi connectivity index (χ2n) is 7.78. The molecule has 0 atom stereocenters. The van der Waals surface area contributed by atoms with E-state index in [1.807, 2.05) is 45.0 Å². The Morgan fingerprint density at radius 2 is 1.86 bits per heavy atom. The summed E-state index contributed by atoms with van der Waals surface area (Å²) in [5.74, 6) is -0.323. The molecule has 0 radical (unpaired) electrons. The van der Waals surface area contributed by atoms with E-state index in [1.165, 1.54) is 0 Å². The fraction of sp³-hybridized carbons (Fsp3) is 0.333. The highest BCUT2D eigenvalue weighted by Crippen LogP contribution is 2.16. The lowest BCUT2D eigenvalue weighted by Gasteiger charge is -2.19. The van der Waals surface area contributed by atoms with Crippen molar-refractivity contribution in [1.29, 1.82) is 0 Å². The minimum Gasteiger partial charge on any atom is -0.345 e. The summed E-state index contributed by atoms with van der Waals surface area (Å²) in [6.45, 7) is 6.25. The lowest BCUT2D eigenvalue weighted by molar-refractivity contribution is 0.0793. The lowest BCUT2D eigenvalue weighted by atomic mass is 10.1. The predicted octanol–water partition coefficient (Wildman–Crippen LogP) is 2.57. The molecular formula is C21H25N5O2. The van der Waals surface area contributed by atoms with E-state index in [-0.39, 0.29) is 23.3 Å². The number of amides is 2. The molecule has 3 aromatic rings. The Hall–Kier alpha value is -3.22. The number of rotatable bonds is 5. The Morgan fingerprint density at radius 3 is 2.54 bits per heavy atom. The molecular weight excluding hydrogens is 354 g/mol. The molecule has 2 amide bonds. The van der Waals surface area contributed by atoms with Crippen molar-refractivity contribution in [2.24, 2.45) is 0 Å². The summed E-state index contributed by atoms with van der Waals surface area (Å²) < 4.78 is 1.66. The minimum atomic E-state index is -0.400. The van der Waals surface area contributed by atoms with Crippen molar-refractivity contribution in [3.8, 4) is 0 Å². The monoisotopic (exact) mass is 379 g/mol. The van der Waals surface area contributed by atoms with Gasteiger partial charge in [-0.05, 0) is 57.0 Å². The molecule has 1 N–H and O–H groups in total. The van der Waals surface area contributed by atoms with Crippen molar-refractivity contribution >= 4 is 17.3 Å². The number of nitrogens with one attached hydrogen (secondary N) is 1. The van der Waals surface area contributed by atoms with E-state index in [1.54, 1.807) is 41.0 Å². The molecule has 7 nitrogen and oxygen atoms in total. The van der Waals surface area contributed by atoms with Crippen LogP contribution < -0.4 is 5.32 Å². The quantitative estimate of drug-likeness (QED) is 0.739. The minimum absolute atomic E-state index is 0.205. The molecule has 0 saturated carbocycles. The van der Waals surface area contributed by atoms with Gasteiger partial charge in [-0.2, -0.15) is 0 Å². The SMILES string of the molecule is CN(CCc1ccncc1)C(=O)c1nc(C(=O)NC(C)(C)C)n2ccccc12. The van der Waals surface area contributed by atoms with Crippen molar-refractivity contribution in [2.75, 3.05) is 13.6 Å². The van der Waals surface area contributed by atoms with Crippen LogP contribution in [0.3, 0.4) is 0 Å². The van der Waals surface area contributed by atoms with E-state index in [0.29, 0.717) is 18.5 Å². The van der Waals surface area contributed by atoms with Gasteiger partial charge in [0, 0.05) is 37.7 Å². The van der Waals surface area contributed by atoms with E-state index in [2.05, 4.69) is 15.3 Å². The third-order valence-electron chi connectivity index (χ3n) is 4.27. The van der Waals surface area contributed by atoms with E-state index in [9.17, 15) is 9.59 Å². The smallest absolute Gasteiger partial charge is 0.288 e. The van der Waals surface area contributed by atoms with Gasteiger partial charge in [0.1, 0.15) is 0 Å². The maximum absolute atomic E-state index is 13.0. The van der Waals surface area contributed by atoms with Gasteiger partial charge in [-0.3, -0.25) is 19.0 Å². The number of nitrogens with zero attached hydrogens (tertiary/aromatic N) is 4. The van der Waals surface area contributed by atoms with Gasteiger partial charge < -0.3 is 10.2 Å². The van der Waals surface area contributed by atoms with Crippen LogP contribution in [0.1, 0.15) is 47.4 Å². The zero-order chi connectivity index (χ0) is 20.3. The molecule has 0 bridgehead atoms. The normalized spacial score (nSPS) is 11.4. The summed E-state index contributed by atoms with van der Waals surface area (Å²) in [5, 5.41) is 2.90. The van der Waals surface area contributed by atoms with Crippen LogP contribution in [0.5, 0.6) is 0 Å². The third-order valence-corrected chi connectivity index (χ3v) is 4.27. The average molecular weight is 379 g/mol. The summed E-state index contributed by atoms with van der Waals surface area (Å²) in [4.78, 5) is 35.7. The van der Waals surface area contributed by atoms with Gasteiger partial charge in [-0.25, -0.2) is 4.98 Å². The van der Waals surface area contributed by atoms with Gasteiger partial charge in [0.05, 0.1) is 5.52 Å². The molecule has 7 heteroatoms. The summed E-state index contributed by atoms with van der Waals surface area (Å²) >= 11 is 0. The average Bonchev–Trinajstić information content (AvgIpc) is 3.05. The van der Waals surface area contributed by atoms with Crippen molar-refractivity contribution in [2.45, 2.75) is 32.7 Å². The van der Waals surface area contributed by atoms with Crippen LogP contribution in [-0.2, 0) is 6.42 Å². The van der Waals surface area contributed by atoms with E-state index >= 15 is 0 Å². The molecule has 3 rings (SSSR count). The number of imidazole rings is 1. The fourth-order valence-electron chi connectivity index (χ4n) is 2.88. The predicted molar refractivity (Wildman–Crippen MR) is 107 cm³/mol. The number of carbonyl (C=O) groups is 2. The van der Waals surface area contributed by atoms with Gasteiger partial charge in [0.25, 0.3) is 11.8 Å². The number of fused-ring (bicyclic) bond motifs is 1. The van der Waals surface area contributed by atoms with Crippen LogP contribution >= 0.6 is 0 Å². The highest BCUT2D eigenvalue weighted by molar-refractivity contribution is 6.02. The molecule has 0 spiro atoms. The van der Waals surface area contributed by atoms with Crippen molar-refractivity contribution in [3.05, 3.63) is 66.0 Å². The molecule has 146 valence electrons. The molecule has 0 aliphatic heterocycles. The van der Waals surface area contributed by atoms with Crippen LogP contribution in [0.15, 0.2) is 48.9 Å². The lowest BCUT2D eigenvalue weighted by Crippen LogP contribution is -2.41. The molecule has 0 aliphatic rings. The summed E-state index contributed by atoms with van der Waals surface area (Å²) in [7, 11) is 1.74. The van der Waals surface area contributed by atoms with E-state index < -0.39 is 5.54 Å². The number of carbonyl (C=O) groups excluding carboxylic acids is 2. The number of hydrogen-bond acceptors (Lipinski definition) is 4. The van der Waals surface area contributed by atoms with Gasteiger partial charge in [0.15, 0.2) is 5.69 Å². The number of hydrogen-bond donors (Lipinski definition) is 1. The Balaban J connectivity index is 1.85. The Morgan fingerprint density at radius 1 is 1.14 bits per heavy atom. The van der Waals surface area contributed by atoms with Crippen LogP contribution in [0.2, 0.25) is 0 Å². The molecule has 0 saturated heterocycles. The Bertz CT molecular complexity index is 989. The van der Waals surface area contributed by atoms with Gasteiger partial charge in [-0.1, -0.05) is 6.07 Å². The highest BCUT2D eigenvalue weighted by Gasteiger charge is 2.25. The highest BCUT2D eigenvalue weighted by atomic mass is 16.2. The van der Waals surface area contributed by atoms with Gasteiger partial charge >= 0.3 is 0 Å². The van der Waals surface area contributed by atoms with Crippen molar-refractivity contribution < 1.29 is 9.59 Å². The topological polar surface area (TPSA) is 79.6 Å². The molecule has 3 heterocycles. The molecule has 0 aliphatic carbocycles. The van der Waals surface area contributed by atoms with Gasteiger partial charge in [0.2, 0.25) is 5.82 Å². The van der Waals surface area contributed by atoms with Crippen LogP contribution in [0.25, 0.3) is 5.52 Å². The summed E-state index contributed by atoms with van der Waals surface area (Å²) in [6, 6.07) is 9.30. The van der Waals surface area contributed by atoms with Crippen LogP contribution in [-0.4, -0.2) is 50.2 Å². The van der Waals surface area contributed by atoms with Crippen molar-refractivity contribution in [3.63, 3.8) is 0 Å². The molecule has 28 heavy (non-hydrogen) atoms. The number of aromatic nitrogens is 3. The Labute approximate surface area is 164 Å². The standard InChI is InChI=1S/C21H25N5O2/c1-21(2,3)24-19(27)18-23-17(16-7-5-6-13-26(16)18)20(28)25(4)14-10-15-8-11-22-12-9-15/h5-9,11-13H,10,14H2,1-4H3,(H,24,27). The number of likely N-dealkylation sites (N-methyl/N-ethyl adjacent to an activating group) is 1.